The van der Waals surface area contributed by atoms with Crippen molar-refractivity contribution in [2.45, 2.75) is 57.0 Å². The van der Waals surface area contributed by atoms with Crippen molar-refractivity contribution >= 4 is 5.97 Å². The van der Waals surface area contributed by atoms with E-state index in [1.807, 2.05) is 12.1 Å². The Hall–Kier alpha value is -2.78. The van der Waals surface area contributed by atoms with Crippen molar-refractivity contribution in [3.8, 4) is 11.5 Å². The Bertz CT molecular complexity index is 1120. The lowest BCUT2D eigenvalue weighted by Gasteiger charge is -2.47. The second-order valence-corrected chi connectivity index (χ2v) is 10.5. The first kappa shape index (κ1) is 28.2. The molecule has 2 aliphatic heterocycles. The maximum atomic E-state index is 14.5. The molecule has 1 unspecified atom stereocenters. The molecule has 0 N–H and O–H groups in total. The molecule has 4 atom stereocenters. The number of carbonyl (C=O) groups excluding carboxylic acids is 1. The van der Waals surface area contributed by atoms with Crippen LogP contribution in [0.3, 0.4) is 0 Å². The molecule has 0 bridgehead atoms. The number of benzene rings is 2. The third kappa shape index (κ3) is 5.10. The highest BCUT2D eigenvalue weighted by molar-refractivity contribution is 5.83. The average molecular weight is 536 g/mol. The highest BCUT2D eigenvalue weighted by atomic mass is 19.4. The van der Waals surface area contributed by atoms with Gasteiger partial charge in [-0.2, -0.15) is 13.2 Å². The zero-order valence-electron chi connectivity index (χ0n) is 22.5. The number of methoxy groups -OCH3 is 3. The van der Waals surface area contributed by atoms with Crippen LogP contribution in [-0.4, -0.2) is 57.6 Å². The van der Waals surface area contributed by atoms with Gasteiger partial charge in [0, 0.05) is 44.1 Å². The second kappa shape index (κ2) is 11.1. The van der Waals surface area contributed by atoms with Crippen molar-refractivity contribution in [2.24, 2.45) is 11.8 Å². The third-order valence-electron chi connectivity index (χ3n) is 7.77. The Morgan fingerprint density at radius 2 is 1.71 bits per heavy atom. The molecule has 0 radical (unpaired) electrons. The number of alkyl halides is 3. The summed E-state index contributed by atoms with van der Waals surface area (Å²) in [6, 6.07) is 10.7. The number of rotatable bonds is 8. The van der Waals surface area contributed by atoms with Crippen molar-refractivity contribution in [2.75, 3.05) is 34.4 Å². The van der Waals surface area contributed by atoms with Gasteiger partial charge in [0.05, 0.1) is 14.2 Å². The monoisotopic (exact) mass is 535 g/mol. The van der Waals surface area contributed by atoms with Crippen LogP contribution in [0, 0.1) is 11.8 Å². The van der Waals surface area contributed by atoms with Gasteiger partial charge in [0.15, 0.2) is 11.5 Å². The molecule has 0 amide bonds. The first-order valence-electron chi connectivity index (χ1n) is 12.9. The molecule has 2 heterocycles. The summed E-state index contributed by atoms with van der Waals surface area (Å²) < 4.78 is 65.4. The lowest BCUT2D eigenvalue weighted by atomic mass is 9.79. The summed E-state index contributed by atoms with van der Waals surface area (Å²) in [5.41, 5.74) is -1.40. The molecule has 4 rings (SSSR count). The topological polar surface area (TPSA) is 57.2 Å². The fourth-order valence-corrected chi connectivity index (χ4v) is 5.99. The quantitative estimate of drug-likeness (QED) is 0.405. The van der Waals surface area contributed by atoms with Gasteiger partial charge in [-0.15, -0.1) is 0 Å². The summed E-state index contributed by atoms with van der Waals surface area (Å²) in [6.07, 6.45) is -3.82. The molecule has 0 saturated carbocycles. The minimum atomic E-state index is -5.02. The first-order valence-corrected chi connectivity index (χ1v) is 12.9. The van der Waals surface area contributed by atoms with Crippen LogP contribution in [0.2, 0.25) is 0 Å². The van der Waals surface area contributed by atoms with E-state index in [0.717, 1.165) is 37.6 Å². The van der Waals surface area contributed by atoms with E-state index in [9.17, 15) is 18.0 Å². The lowest BCUT2D eigenvalue weighted by Crippen LogP contribution is -2.55. The van der Waals surface area contributed by atoms with Crippen LogP contribution < -0.4 is 9.47 Å². The fraction of sp³-hybridized carbons (Fsp3) is 0.552. The molecule has 208 valence electrons. The predicted octanol–water partition coefficient (Wildman–Crippen LogP) is 5.69. The van der Waals surface area contributed by atoms with Crippen LogP contribution in [-0.2, 0) is 26.3 Å². The van der Waals surface area contributed by atoms with E-state index in [4.69, 9.17) is 18.9 Å². The van der Waals surface area contributed by atoms with Gasteiger partial charge in [-0.05, 0) is 42.0 Å². The van der Waals surface area contributed by atoms with Crippen LogP contribution in [0.15, 0.2) is 42.5 Å². The van der Waals surface area contributed by atoms with Gasteiger partial charge in [-0.1, -0.05) is 44.2 Å². The third-order valence-corrected chi connectivity index (χ3v) is 7.77. The van der Waals surface area contributed by atoms with E-state index >= 15 is 0 Å². The van der Waals surface area contributed by atoms with Crippen molar-refractivity contribution in [1.29, 1.82) is 0 Å². The molecule has 0 aliphatic carbocycles. The number of piperidine rings is 1. The van der Waals surface area contributed by atoms with Gasteiger partial charge in [-0.25, -0.2) is 4.79 Å². The molecule has 6 nitrogen and oxygen atoms in total. The van der Waals surface area contributed by atoms with E-state index in [0.29, 0.717) is 24.5 Å². The van der Waals surface area contributed by atoms with Crippen molar-refractivity contribution in [1.82, 2.24) is 4.90 Å². The summed E-state index contributed by atoms with van der Waals surface area (Å²) in [7, 11) is 4.05. The van der Waals surface area contributed by atoms with Gasteiger partial charge in [-0.3, -0.25) is 4.90 Å². The predicted molar refractivity (Wildman–Crippen MR) is 136 cm³/mol. The molecule has 2 aromatic carbocycles. The van der Waals surface area contributed by atoms with Crippen LogP contribution in [0.5, 0.6) is 11.5 Å². The van der Waals surface area contributed by atoms with Crippen LogP contribution >= 0.6 is 0 Å². The maximum Gasteiger partial charge on any atom is 0.432 e. The van der Waals surface area contributed by atoms with Gasteiger partial charge in [0.2, 0.25) is 0 Å². The smallest absolute Gasteiger partial charge is 0.432 e. The molecule has 0 aromatic heterocycles. The van der Waals surface area contributed by atoms with E-state index in [-0.39, 0.29) is 23.4 Å². The van der Waals surface area contributed by atoms with Crippen molar-refractivity contribution in [3.05, 3.63) is 59.2 Å². The molecule has 1 fully saturated rings. The minimum Gasteiger partial charge on any atom is -0.493 e. The van der Waals surface area contributed by atoms with E-state index in [1.54, 1.807) is 20.3 Å². The normalized spacial score (nSPS) is 23.2. The highest BCUT2D eigenvalue weighted by Gasteiger charge is 2.64. The number of hydrogen-bond acceptors (Lipinski definition) is 6. The van der Waals surface area contributed by atoms with Gasteiger partial charge in [0.25, 0.3) is 5.60 Å². The summed E-state index contributed by atoms with van der Waals surface area (Å²) in [5, 5.41) is 0. The SMILES string of the molecule is COc1cc2c(cc1OC)[C@H]1C[C@@H](OC(=O)C(OC)(c3ccccc3)C(F)(F)F)[C@@H](CC(C)C)CN1CC2. The van der Waals surface area contributed by atoms with Crippen LogP contribution in [0.25, 0.3) is 0 Å². The number of ether oxygens (including phenoxy) is 4. The molecule has 2 aliphatic rings. The number of fused-ring (bicyclic) bond motifs is 3. The number of halogens is 3. The van der Waals surface area contributed by atoms with E-state index in [1.165, 1.54) is 24.3 Å². The summed E-state index contributed by atoms with van der Waals surface area (Å²) in [4.78, 5) is 15.9. The van der Waals surface area contributed by atoms with Crippen molar-refractivity contribution in [3.63, 3.8) is 0 Å². The summed E-state index contributed by atoms with van der Waals surface area (Å²) in [5.74, 6) is -0.0487. The molecular formula is C29H36F3NO5. The Morgan fingerprint density at radius 3 is 2.29 bits per heavy atom. The Kier molecular flexibility index (Phi) is 8.28. The standard InChI is InChI=1S/C29H36F3NO5/c1-18(2)13-20-17-33-12-11-19-14-25(35-3)26(36-4)15-22(19)23(33)16-24(20)38-27(34)28(37-5,29(30,31)32)21-9-7-6-8-10-21/h6-10,14-15,18,20,23-24H,11-13,16-17H2,1-5H3/t20-,23+,24+,28?/m0/s1. The fourth-order valence-electron chi connectivity index (χ4n) is 5.99. The highest BCUT2D eigenvalue weighted by Crippen LogP contribution is 2.47. The molecule has 38 heavy (non-hydrogen) atoms. The largest absolute Gasteiger partial charge is 0.493 e. The van der Waals surface area contributed by atoms with Crippen LogP contribution in [0.1, 0.15) is 49.4 Å². The molecule has 9 heteroatoms. The molecule has 0 spiro atoms. The molecular weight excluding hydrogens is 499 g/mol. The van der Waals surface area contributed by atoms with Crippen LogP contribution in [0.4, 0.5) is 13.2 Å². The number of nitrogens with zero attached hydrogens (tertiary/aromatic N) is 1. The van der Waals surface area contributed by atoms with E-state index < -0.39 is 23.9 Å². The molecule has 1 saturated heterocycles. The Labute approximate surface area is 222 Å². The van der Waals surface area contributed by atoms with E-state index in [2.05, 4.69) is 18.7 Å². The van der Waals surface area contributed by atoms with Crippen molar-refractivity contribution < 1.29 is 36.9 Å². The first-order chi connectivity index (χ1) is 18.0. The number of carbonyl (C=O) groups is 1. The second-order valence-electron chi connectivity index (χ2n) is 10.5. The Morgan fingerprint density at radius 1 is 1.05 bits per heavy atom. The van der Waals surface area contributed by atoms with Gasteiger partial charge < -0.3 is 18.9 Å². The lowest BCUT2D eigenvalue weighted by molar-refractivity contribution is -0.280. The minimum absolute atomic E-state index is 0.115. The van der Waals surface area contributed by atoms with Gasteiger partial charge in [0.1, 0.15) is 6.10 Å². The maximum absolute atomic E-state index is 14.5. The summed E-state index contributed by atoms with van der Waals surface area (Å²) >= 11 is 0. The molecule has 2 aromatic rings. The number of hydrogen-bond donors (Lipinski definition) is 0. The average Bonchev–Trinajstić information content (AvgIpc) is 2.88. The summed E-state index contributed by atoms with van der Waals surface area (Å²) in [6.45, 7) is 5.54. The van der Waals surface area contributed by atoms with Gasteiger partial charge >= 0.3 is 12.1 Å². The number of esters is 1. The zero-order valence-corrected chi connectivity index (χ0v) is 22.5. The zero-order chi connectivity index (χ0) is 27.7. The Balaban J connectivity index is 1.70.